The van der Waals surface area contributed by atoms with Crippen LogP contribution in [0.4, 0.5) is 0 Å². The van der Waals surface area contributed by atoms with Crippen molar-refractivity contribution in [2.45, 2.75) is 84.0 Å². The molecule has 0 aliphatic carbocycles. The first-order valence-corrected chi connectivity index (χ1v) is 11.0. The fourth-order valence-electron chi connectivity index (χ4n) is 2.44. The number of carbonyl (C=O) groups excluding carboxylic acids is 1. The summed E-state index contributed by atoms with van der Waals surface area (Å²) in [5.41, 5.74) is 0.740. The van der Waals surface area contributed by atoms with Gasteiger partial charge in [-0.3, -0.25) is 4.79 Å². The lowest BCUT2D eigenvalue weighted by molar-refractivity contribution is -0.118. The number of hydrogen-bond donors (Lipinski definition) is 0. The summed E-state index contributed by atoms with van der Waals surface area (Å²) < 4.78 is 29.1. The van der Waals surface area contributed by atoms with Crippen molar-refractivity contribution in [3.05, 3.63) is 29.8 Å². The van der Waals surface area contributed by atoms with E-state index in [0.717, 1.165) is 24.2 Å². The van der Waals surface area contributed by atoms with E-state index >= 15 is 0 Å². The number of rotatable bonds is 9. The Balaban J connectivity index is 2.33. The lowest BCUT2D eigenvalue weighted by Crippen LogP contribution is -2.30. The maximum Gasteiger partial charge on any atom is 0.155 e. The van der Waals surface area contributed by atoms with Crippen LogP contribution < -0.4 is 4.74 Å². The van der Waals surface area contributed by atoms with Gasteiger partial charge in [-0.1, -0.05) is 18.6 Å². The van der Waals surface area contributed by atoms with Crippen molar-refractivity contribution in [2.24, 2.45) is 0 Å². The highest BCUT2D eigenvalue weighted by molar-refractivity contribution is 7.92. The number of ether oxygens (including phenoxy) is 1. The molecule has 26 heavy (non-hydrogen) atoms. The molecule has 0 N–H and O–H groups in total. The first-order chi connectivity index (χ1) is 11.8. The summed E-state index contributed by atoms with van der Waals surface area (Å²) in [6.07, 6.45) is 3.03. The zero-order valence-electron chi connectivity index (χ0n) is 17.1. The van der Waals surface area contributed by atoms with Crippen molar-refractivity contribution in [3.8, 4) is 5.75 Å². The molecule has 0 bridgehead atoms. The van der Waals surface area contributed by atoms with E-state index in [1.54, 1.807) is 20.8 Å². The minimum atomic E-state index is -3.06. The number of sulfone groups is 1. The number of unbranched alkanes of at least 4 members (excludes halogenated alkanes) is 2. The van der Waals surface area contributed by atoms with Crippen molar-refractivity contribution in [3.63, 3.8) is 0 Å². The number of Topliss-reactive ketones (excluding diaryl/α,β-unsaturated/α-hetero) is 1. The molecule has 4 nitrogen and oxygen atoms in total. The van der Waals surface area contributed by atoms with Crippen LogP contribution in [-0.4, -0.2) is 30.3 Å². The maximum absolute atomic E-state index is 12.1. The van der Waals surface area contributed by atoms with E-state index in [2.05, 4.69) is 0 Å². The van der Waals surface area contributed by atoms with Crippen LogP contribution >= 0.6 is 0 Å². The molecule has 1 aromatic carbocycles. The molecule has 5 heteroatoms. The average Bonchev–Trinajstić information content (AvgIpc) is 2.46. The fraction of sp³-hybridized carbons (Fsp3) is 0.667. The molecule has 0 aliphatic heterocycles. The van der Waals surface area contributed by atoms with Gasteiger partial charge in [0, 0.05) is 12.8 Å². The van der Waals surface area contributed by atoms with Gasteiger partial charge in [0.2, 0.25) is 0 Å². The van der Waals surface area contributed by atoms with Crippen LogP contribution in [0.5, 0.6) is 5.75 Å². The Labute approximate surface area is 159 Å². The van der Waals surface area contributed by atoms with Gasteiger partial charge in [0.25, 0.3) is 0 Å². The third-order valence-corrected chi connectivity index (χ3v) is 6.74. The fourth-order valence-corrected chi connectivity index (χ4v) is 3.64. The van der Waals surface area contributed by atoms with Crippen LogP contribution in [0.15, 0.2) is 24.3 Å². The summed E-state index contributed by atoms with van der Waals surface area (Å²) >= 11 is 0. The summed E-state index contributed by atoms with van der Waals surface area (Å²) in [7, 11) is -3.06. The lowest BCUT2D eigenvalue weighted by atomic mass is 10.0. The van der Waals surface area contributed by atoms with Gasteiger partial charge in [0.15, 0.2) is 9.84 Å². The van der Waals surface area contributed by atoms with Crippen molar-refractivity contribution in [2.75, 3.05) is 5.75 Å². The van der Waals surface area contributed by atoms with Gasteiger partial charge in [-0.05, 0) is 72.1 Å². The molecule has 0 aromatic heterocycles. The van der Waals surface area contributed by atoms with Crippen LogP contribution in [0.25, 0.3) is 0 Å². The largest absolute Gasteiger partial charge is 0.488 e. The molecule has 0 fully saturated rings. The summed E-state index contributed by atoms with van der Waals surface area (Å²) in [6.45, 7) is 11.2. The minimum absolute atomic E-state index is 0.188. The molecule has 148 valence electrons. The van der Waals surface area contributed by atoms with Crippen molar-refractivity contribution >= 4 is 15.6 Å². The molecule has 0 atom stereocenters. The predicted octanol–water partition coefficient (Wildman–Crippen LogP) is 4.75. The maximum atomic E-state index is 12.1. The molecule has 0 radical (unpaired) electrons. The van der Waals surface area contributed by atoms with Gasteiger partial charge >= 0.3 is 0 Å². The molecule has 0 saturated carbocycles. The van der Waals surface area contributed by atoms with Gasteiger partial charge in [-0.2, -0.15) is 0 Å². The van der Waals surface area contributed by atoms with E-state index in [9.17, 15) is 13.2 Å². The smallest absolute Gasteiger partial charge is 0.155 e. The van der Waals surface area contributed by atoms with Crippen molar-refractivity contribution < 1.29 is 17.9 Å². The third-order valence-electron chi connectivity index (χ3n) is 4.05. The van der Waals surface area contributed by atoms with Gasteiger partial charge < -0.3 is 4.74 Å². The van der Waals surface area contributed by atoms with E-state index < -0.39 is 14.6 Å². The molecule has 0 spiro atoms. The Kier molecular flexibility index (Phi) is 7.87. The molecule has 0 amide bonds. The van der Waals surface area contributed by atoms with E-state index in [1.165, 1.54) is 0 Å². The Morgan fingerprint density at radius 2 is 1.50 bits per heavy atom. The highest BCUT2D eigenvalue weighted by Gasteiger charge is 2.27. The standard InChI is InChI=1S/C21H34O4S/c1-20(2,3)25-19-13-11-17(12-14-19)16-18(22)10-8-7-9-15-26(23,24)21(4,5)6/h11-14H,7-10,15-16H2,1-6H3. The molecule has 0 saturated heterocycles. The number of hydrogen-bond acceptors (Lipinski definition) is 4. The second kappa shape index (κ2) is 9.03. The summed E-state index contributed by atoms with van der Waals surface area (Å²) in [4.78, 5) is 12.1. The Morgan fingerprint density at radius 3 is 2.00 bits per heavy atom. The van der Waals surface area contributed by atoms with E-state index in [4.69, 9.17) is 4.74 Å². The first kappa shape index (κ1) is 22.7. The monoisotopic (exact) mass is 382 g/mol. The second-order valence-electron chi connectivity index (χ2n) is 8.82. The Hall–Kier alpha value is -1.36. The normalized spacial score (nSPS) is 12.8. The van der Waals surface area contributed by atoms with Gasteiger partial charge in [0.05, 0.1) is 10.5 Å². The quantitative estimate of drug-likeness (QED) is 0.578. The second-order valence-corrected chi connectivity index (χ2v) is 11.7. The van der Waals surface area contributed by atoms with Gasteiger partial charge in [-0.25, -0.2) is 8.42 Å². The van der Waals surface area contributed by atoms with E-state index in [-0.39, 0.29) is 17.1 Å². The molecular formula is C21H34O4S. The molecule has 0 aliphatic rings. The van der Waals surface area contributed by atoms with Gasteiger partial charge in [0.1, 0.15) is 17.1 Å². The zero-order chi connectivity index (χ0) is 20.0. The molecule has 0 unspecified atom stereocenters. The number of carbonyl (C=O) groups is 1. The number of ketones is 1. The summed E-state index contributed by atoms with van der Waals surface area (Å²) in [5, 5.41) is 0. The SMILES string of the molecule is CC(C)(C)Oc1ccc(CC(=O)CCCCCS(=O)(=O)C(C)(C)C)cc1. The third kappa shape index (κ3) is 8.35. The minimum Gasteiger partial charge on any atom is -0.488 e. The predicted molar refractivity (Wildman–Crippen MR) is 108 cm³/mol. The molecule has 0 heterocycles. The van der Waals surface area contributed by atoms with Crippen molar-refractivity contribution in [1.29, 1.82) is 0 Å². The number of benzene rings is 1. The average molecular weight is 383 g/mol. The van der Waals surface area contributed by atoms with Crippen LogP contribution in [0.3, 0.4) is 0 Å². The van der Waals surface area contributed by atoms with Crippen LogP contribution in [0.1, 0.15) is 72.8 Å². The van der Waals surface area contributed by atoms with Crippen molar-refractivity contribution in [1.82, 2.24) is 0 Å². The first-order valence-electron chi connectivity index (χ1n) is 9.32. The summed E-state index contributed by atoms with van der Waals surface area (Å²) in [6, 6.07) is 7.64. The zero-order valence-corrected chi connectivity index (χ0v) is 17.9. The Bertz CT molecular complexity index is 674. The topological polar surface area (TPSA) is 60.4 Å². The van der Waals surface area contributed by atoms with Crippen LogP contribution in [0.2, 0.25) is 0 Å². The molecular weight excluding hydrogens is 348 g/mol. The highest BCUT2D eigenvalue weighted by atomic mass is 32.2. The lowest BCUT2D eigenvalue weighted by Gasteiger charge is -2.21. The summed E-state index contributed by atoms with van der Waals surface area (Å²) in [5.74, 6) is 1.18. The van der Waals surface area contributed by atoms with E-state index in [0.29, 0.717) is 19.3 Å². The Morgan fingerprint density at radius 1 is 0.923 bits per heavy atom. The van der Waals surface area contributed by atoms with Crippen LogP contribution in [0, 0.1) is 0 Å². The molecule has 1 aromatic rings. The highest BCUT2D eigenvalue weighted by Crippen LogP contribution is 2.20. The molecule has 1 rings (SSSR count). The van der Waals surface area contributed by atoms with Crippen LogP contribution in [-0.2, 0) is 21.1 Å². The van der Waals surface area contributed by atoms with Gasteiger partial charge in [-0.15, -0.1) is 0 Å². The van der Waals surface area contributed by atoms with E-state index in [1.807, 2.05) is 45.0 Å².